The summed E-state index contributed by atoms with van der Waals surface area (Å²) in [6.45, 7) is 1.45. The Kier molecular flexibility index (Phi) is 8.79. The molecule has 6 nitrogen and oxygen atoms in total. The maximum atomic E-state index is 14.0. The van der Waals surface area contributed by atoms with E-state index in [4.69, 9.17) is 11.6 Å². The molecule has 14 heteroatoms. The number of piperidine rings is 2. The van der Waals surface area contributed by atoms with Crippen LogP contribution in [-0.2, 0) is 12.4 Å². The lowest BCUT2D eigenvalue weighted by molar-refractivity contribution is -0.143. The van der Waals surface area contributed by atoms with E-state index in [1.807, 2.05) is 0 Å². The number of likely N-dealkylation sites (tertiary alicyclic amines) is 2. The number of nitrogens with zero attached hydrogens (tertiary/aromatic N) is 3. The summed E-state index contributed by atoms with van der Waals surface area (Å²) in [5.74, 6) is -2.21. The monoisotopic (exact) mass is 609 g/mol. The summed E-state index contributed by atoms with van der Waals surface area (Å²) < 4.78 is 94.5. The standard InChI is InChI=1S/C27H27ClF7N3O3/c1-36(24(39)16-10-17(26(30,31)32)13-18(11-16)27(33,34)35)23-6-9-38(19-4-7-37(8-5-19)25(40)41)14-20(23)15-2-3-22(29)21(28)12-15/h2-3,10-13,19-20,23H,4-9,14H2,1H3,(H,40,41). The zero-order valence-corrected chi connectivity index (χ0v) is 22.5. The van der Waals surface area contributed by atoms with Gasteiger partial charge in [-0.05, 0) is 55.2 Å². The normalized spacial score (nSPS) is 21.1. The van der Waals surface area contributed by atoms with E-state index in [0.29, 0.717) is 63.1 Å². The third-order valence-corrected chi connectivity index (χ3v) is 8.17. The minimum atomic E-state index is -5.11. The van der Waals surface area contributed by atoms with Crippen LogP contribution in [0.25, 0.3) is 0 Å². The molecule has 41 heavy (non-hydrogen) atoms. The van der Waals surface area contributed by atoms with Crippen molar-refractivity contribution in [3.63, 3.8) is 0 Å². The second-order valence-electron chi connectivity index (χ2n) is 10.3. The number of rotatable bonds is 4. The maximum absolute atomic E-state index is 14.0. The van der Waals surface area contributed by atoms with Gasteiger partial charge in [0.05, 0.1) is 16.1 Å². The number of carbonyl (C=O) groups excluding carboxylic acids is 1. The molecular formula is C27H27ClF7N3O3. The van der Waals surface area contributed by atoms with Gasteiger partial charge in [0.25, 0.3) is 5.91 Å². The third-order valence-electron chi connectivity index (χ3n) is 7.88. The Labute approximate surface area is 236 Å². The molecule has 2 amide bonds. The van der Waals surface area contributed by atoms with Crippen LogP contribution in [0.5, 0.6) is 0 Å². The van der Waals surface area contributed by atoms with Crippen LogP contribution in [0.3, 0.4) is 0 Å². The van der Waals surface area contributed by atoms with Crippen molar-refractivity contribution in [3.8, 4) is 0 Å². The molecule has 0 aliphatic carbocycles. The summed E-state index contributed by atoms with van der Waals surface area (Å²) in [5.41, 5.74) is -3.38. The van der Waals surface area contributed by atoms with Gasteiger partial charge >= 0.3 is 18.4 Å². The molecule has 0 saturated carbocycles. The van der Waals surface area contributed by atoms with Crippen molar-refractivity contribution >= 4 is 23.6 Å². The fourth-order valence-corrected chi connectivity index (χ4v) is 5.87. The van der Waals surface area contributed by atoms with Crippen molar-refractivity contribution in [2.75, 3.05) is 33.2 Å². The number of amides is 2. The van der Waals surface area contributed by atoms with Gasteiger partial charge in [-0.25, -0.2) is 9.18 Å². The molecule has 0 aromatic heterocycles. The molecule has 2 aliphatic heterocycles. The first kappa shape index (κ1) is 30.9. The second kappa shape index (κ2) is 11.7. The molecule has 0 radical (unpaired) electrons. The maximum Gasteiger partial charge on any atom is 0.416 e. The fourth-order valence-electron chi connectivity index (χ4n) is 5.69. The second-order valence-corrected chi connectivity index (χ2v) is 10.7. The number of halogens is 8. The Bertz CT molecular complexity index is 1260. The Balaban J connectivity index is 1.64. The molecular weight excluding hydrogens is 583 g/mol. The van der Waals surface area contributed by atoms with E-state index in [2.05, 4.69) is 4.90 Å². The molecule has 0 spiro atoms. The van der Waals surface area contributed by atoms with E-state index in [0.717, 1.165) is 11.0 Å². The van der Waals surface area contributed by atoms with Crippen LogP contribution >= 0.6 is 11.6 Å². The topological polar surface area (TPSA) is 64.1 Å². The summed E-state index contributed by atoms with van der Waals surface area (Å²) in [6.07, 6.45) is -9.79. The highest BCUT2D eigenvalue weighted by atomic mass is 35.5. The predicted octanol–water partition coefficient (Wildman–Crippen LogP) is 6.59. The highest BCUT2D eigenvalue weighted by molar-refractivity contribution is 6.30. The van der Waals surface area contributed by atoms with Crippen LogP contribution < -0.4 is 0 Å². The van der Waals surface area contributed by atoms with Crippen LogP contribution in [0.2, 0.25) is 5.02 Å². The summed E-state index contributed by atoms with van der Waals surface area (Å²) >= 11 is 6.03. The van der Waals surface area contributed by atoms with Gasteiger partial charge in [-0.1, -0.05) is 17.7 Å². The molecule has 4 rings (SSSR count). The molecule has 0 bridgehead atoms. The van der Waals surface area contributed by atoms with E-state index < -0.39 is 58.8 Å². The van der Waals surface area contributed by atoms with Crippen molar-refractivity contribution in [3.05, 3.63) is 69.5 Å². The number of carbonyl (C=O) groups is 2. The number of benzene rings is 2. The lowest BCUT2D eigenvalue weighted by atomic mass is 9.83. The summed E-state index contributed by atoms with van der Waals surface area (Å²) in [5, 5.41) is 9.07. The van der Waals surface area contributed by atoms with Gasteiger partial charge in [0.15, 0.2) is 0 Å². The lowest BCUT2D eigenvalue weighted by Gasteiger charge is -2.47. The molecule has 2 aromatic carbocycles. The first-order valence-corrected chi connectivity index (χ1v) is 13.2. The quantitative estimate of drug-likeness (QED) is 0.398. The zero-order chi connectivity index (χ0) is 30.3. The van der Waals surface area contributed by atoms with Crippen LogP contribution in [0, 0.1) is 5.82 Å². The molecule has 2 saturated heterocycles. The number of hydrogen-bond acceptors (Lipinski definition) is 3. The summed E-state index contributed by atoms with van der Waals surface area (Å²) in [4.78, 5) is 29.3. The van der Waals surface area contributed by atoms with Crippen molar-refractivity contribution < 1.29 is 45.4 Å². The minimum Gasteiger partial charge on any atom is -0.465 e. The predicted molar refractivity (Wildman–Crippen MR) is 135 cm³/mol. The van der Waals surface area contributed by atoms with Gasteiger partial charge in [0.2, 0.25) is 0 Å². The smallest absolute Gasteiger partial charge is 0.416 e. The SMILES string of the molecule is CN(C(=O)c1cc(C(F)(F)F)cc(C(F)(F)F)c1)C1CCN(C2CCN(C(=O)O)CC2)CC1c1ccc(F)c(Cl)c1. The van der Waals surface area contributed by atoms with E-state index in [9.17, 15) is 45.4 Å². The molecule has 2 aromatic rings. The molecule has 2 atom stereocenters. The summed E-state index contributed by atoms with van der Waals surface area (Å²) in [7, 11) is 1.32. The Morgan fingerprint density at radius 1 is 0.927 bits per heavy atom. The number of hydrogen-bond donors (Lipinski definition) is 1. The highest BCUT2D eigenvalue weighted by Gasteiger charge is 2.41. The van der Waals surface area contributed by atoms with E-state index in [-0.39, 0.29) is 17.1 Å². The Hall–Kier alpha value is -3.06. The highest BCUT2D eigenvalue weighted by Crippen LogP contribution is 2.38. The molecule has 1 N–H and O–H groups in total. The van der Waals surface area contributed by atoms with Gasteiger partial charge in [-0.2, -0.15) is 26.3 Å². The molecule has 224 valence electrons. The molecule has 2 aliphatic rings. The van der Waals surface area contributed by atoms with Crippen molar-refractivity contribution in [2.24, 2.45) is 0 Å². The molecule has 2 fully saturated rings. The van der Waals surface area contributed by atoms with Crippen LogP contribution in [0.4, 0.5) is 35.5 Å². The fraction of sp³-hybridized carbons (Fsp3) is 0.481. The average Bonchev–Trinajstić information content (AvgIpc) is 2.92. The third kappa shape index (κ3) is 6.88. The van der Waals surface area contributed by atoms with E-state index in [1.165, 1.54) is 24.1 Å². The first-order valence-electron chi connectivity index (χ1n) is 12.8. The van der Waals surface area contributed by atoms with Crippen molar-refractivity contribution in [1.29, 1.82) is 0 Å². The zero-order valence-electron chi connectivity index (χ0n) is 21.8. The van der Waals surface area contributed by atoms with Crippen molar-refractivity contribution in [1.82, 2.24) is 14.7 Å². The largest absolute Gasteiger partial charge is 0.465 e. The average molecular weight is 610 g/mol. The number of carboxylic acid groups (broad SMARTS) is 1. The first-order chi connectivity index (χ1) is 19.1. The van der Waals surface area contributed by atoms with E-state index >= 15 is 0 Å². The van der Waals surface area contributed by atoms with Crippen molar-refractivity contribution in [2.45, 2.75) is 49.6 Å². The van der Waals surface area contributed by atoms with Gasteiger partial charge < -0.3 is 14.9 Å². The lowest BCUT2D eigenvalue weighted by Crippen LogP contribution is -2.55. The number of alkyl halides is 6. The van der Waals surface area contributed by atoms with Gasteiger partial charge in [0, 0.05) is 56.8 Å². The number of likely N-dealkylation sites (N-methyl/N-ethyl adjacent to an activating group) is 1. The van der Waals surface area contributed by atoms with Crippen LogP contribution in [0.1, 0.15) is 52.2 Å². The Morgan fingerprint density at radius 3 is 2.02 bits per heavy atom. The van der Waals surface area contributed by atoms with Crippen LogP contribution in [0.15, 0.2) is 36.4 Å². The van der Waals surface area contributed by atoms with Gasteiger partial charge in [0.1, 0.15) is 5.82 Å². The Morgan fingerprint density at radius 2 is 1.51 bits per heavy atom. The molecule has 2 unspecified atom stereocenters. The van der Waals surface area contributed by atoms with Gasteiger partial charge in [-0.3, -0.25) is 9.69 Å². The van der Waals surface area contributed by atoms with Gasteiger partial charge in [-0.15, -0.1) is 0 Å². The van der Waals surface area contributed by atoms with E-state index in [1.54, 1.807) is 0 Å². The summed E-state index contributed by atoms with van der Waals surface area (Å²) in [6, 6.07) is 4.17. The molecule has 2 heterocycles. The minimum absolute atomic E-state index is 0.0174. The van der Waals surface area contributed by atoms with Crippen LogP contribution in [-0.4, -0.2) is 77.1 Å².